The topological polar surface area (TPSA) is 44.8 Å². The Labute approximate surface area is 163 Å². The molecule has 5 nitrogen and oxygen atoms in total. The highest BCUT2D eigenvalue weighted by Crippen LogP contribution is 2.25. The van der Waals surface area contributed by atoms with Crippen molar-refractivity contribution in [2.75, 3.05) is 32.8 Å². The zero-order chi connectivity index (χ0) is 20.1. The Kier molecular flexibility index (Phi) is 6.69. The maximum absolute atomic E-state index is 12.5. The number of piperazine rings is 1. The highest BCUT2D eigenvalue weighted by Gasteiger charge is 2.29. The number of ether oxygens (including phenoxy) is 1. The second kappa shape index (κ2) is 9.03. The van der Waals surface area contributed by atoms with Crippen LogP contribution in [0.4, 0.5) is 18.0 Å². The monoisotopic (exact) mass is 399 g/mol. The molecular formula is C20H28F3N3O2. The predicted molar refractivity (Wildman–Crippen MR) is 100 cm³/mol. The Morgan fingerprint density at radius 1 is 1.14 bits per heavy atom. The first kappa shape index (κ1) is 20.8. The van der Waals surface area contributed by atoms with Crippen molar-refractivity contribution in [3.8, 4) is 5.75 Å². The van der Waals surface area contributed by atoms with Gasteiger partial charge in [-0.05, 0) is 37.5 Å². The van der Waals surface area contributed by atoms with E-state index in [1.807, 2.05) is 11.8 Å². The van der Waals surface area contributed by atoms with Crippen molar-refractivity contribution >= 4 is 6.03 Å². The lowest BCUT2D eigenvalue weighted by Crippen LogP contribution is -2.54. The van der Waals surface area contributed by atoms with Gasteiger partial charge in [-0.3, -0.25) is 4.90 Å². The third-order valence-electron chi connectivity index (χ3n) is 5.57. The van der Waals surface area contributed by atoms with E-state index in [0.29, 0.717) is 6.04 Å². The van der Waals surface area contributed by atoms with Gasteiger partial charge in [0.05, 0.1) is 6.04 Å². The van der Waals surface area contributed by atoms with E-state index < -0.39 is 12.8 Å². The predicted octanol–water partition coefficient (Wildman–Crippen LogP) is 3.96. The largest absolute Gasteiger partial charge is 0.484 e. The smallest absolute Gasteiger partial charge is 0.422 e. The van der Waals surface area contributed by atoms with Crippen LogP contribution in [0.5, 0.6) is 5.75 Å². The van der Waals surface area contributed by atoms with E-state index in [9.17, 15) is 18.0 Å². The van der Waals surface area contributed by atoms with Gasteiger partial charge in [-0.2, -0.15) is 13.2 Å². The van der Waals surface area contributed by atoms with Gasteiger partial charge in [0.25, 0.3) is 0 Å². The molecule has 1 aliphatic heterocycles. The average molecular weight is 399 g/mol. The minimum atomic E-state index is -4.36. The van der Waals surface area contributed by atoms with E-state index in [2.05, 4.69) is 10.2 Å². The molecule has 28 heavy (non-hydrogen) atoms. The molecule has 8 heteroatoms. The molecule has 1 saturated carbocycles. The minimum Gasteiger partial charge on any atom is -0.484 e. The maximum atomic E-state index is 12.5. The lowest BCUT2D eigenvalue weighted by atomic mass is 10.1. The van der Waals surface area contributed by atoms with Crippen LogP contribution in [0.15, 0.2) is 24.3 Å². The van der Waals surface area contributed by atoms with Gasteiger partial charge in [-0.15, -0.1) is 0 Å². The molecule has 1 aromatic rings. The number of halogens is 3. The number of urea groups is 1. The first-order valence-corrected chi connectivity index (χ1v) is 9.91. The fourth-order valence-corrected chi connectivity index (χ4v) is 3.94. The van der Waals surface area contributed by atoms with Crippen molar-refractivity contribution in [2.45, 2.75) is 50.9 Å². The zero-order valence-corrected chi connectivity index (χ0v) is 16.2. The van der Waals surface area contributed by atoms with Gasteiger partial charge < -0.3 is 15.0 Å². The maximum Gasteiger partial charge on any atom is 0.422 e. The summed E-state index contributed by atoms with van der Waals surface area (Å²) in [5.74, 6) is 0.155. The summed E-state index contributed by atoms with van der Waals surface area (Å²) in [4.78, 5) is 16.9. The quantitative estimate of drug-likeness (QED) is 0.815. The number of alkyl halides is 3. The van der Waals surface area contributed by atoms with Crippen molar-refractivity contribution in [2.24, 2.45) is 0 Å². The van der Waals surface area contributed by atoms with Crippen LogP contribution in [0, 0.1) is 0 Å². The summed E-state index contributed by atoms with van der Waals surface area (Å²) in [5.41, 5.74) is 0.817. The van der Waals surface area contributed by atoms with E-state index in [0.717, 1.165) is 31.7 Å². The molecular weight excluding hydrogens is 371 g/mol. The number of hydrogen-bond donors (Lipinski definition) is 1. The molecule has 3 rings (SSSR count). The second-order valence-corrected chi connectivity index (χ2v) is 7.61. The lowest BCUT2D eigenvalue weighted by molar-refractivity contribution is -0.153. The van der Waals surface area contributed by atoms with Gasteiger partial charge in [-0.25, -0.2) is 4.79 Å². The molecule has 1 unspecified atom stereocenters. The van der Waals surface area contributed by atoms with Crippen molar-refractivity contribution in [1.82, 2.24) is 15.1 Å². The summed E-state index contributed by atoms with van der Waals surface area (Å²) in [6, 6.07) is 6.67. The average Bonchev–Trinajstić information content (AvgIpc) is 3.21. The van der Waals surface area contributed by atoms with Crippen LogP contribution in [0.25, 0.3) is 0 Å². The number of carbonyl (C=O) groups is 1. The van der Waals surface area contributed by atoms with Gasteiger partial charge in [0.2, 0.25) is 0 Å². The van der Waals surface area contributed by atoms with E-state index >= 15 is 0 Å². The zero-order valence-electron chi connectivity index (χ0n) is 16.2. The molecule has 0 radical (unpaired) electrons. The van der Waals surface area contributed by atoms with Gasteiger partial charge in [0.15, 0.2) is 6.61 Å². The molecule has 1 N–H and O–H groups in total. The van der Waals surface area contributed by atoms with Crippen LogP contribution in [0.3, 0.4) is 0 Å². The first-order valence-electron chi connectivity index (χ1n) is 9.91. The first-order chi connectivity index (χ1) is 13.3. The third-order valence-corrected chi connectivity index (χ3v) is 5.57. The van der Waals surface area contributed by atoms with Crippen LogP contribution in [-0.2, 0) is 0 Å². The molecule has 1 aromatic carbocycles. The normalized spacial score (nSPS) is 20.2. The van der Waals surface area contributed by atoms with Gasteiger partial charge in [-0.1, -0.05) is 25.0 Å². The Morgan fingerprint density at radius 3 is 2.32 bits per heavy atom. The highest BCUT2D eigenvalue weighted by atomic mass is 19.4. The Balaban J connectivity index is 1.45. The fraction of sp³-hybridized carbons (Fsp3) is 0.650. The van der Waals surface area contributed by atoms with Gasteiger partial charge in [0, 0.05) is 32.2 Å². The van der Waals surface area contributed by atoms with Crippen LogP contribution >= 0.6 is 0 Å². The Hall–Kier alpha value is -1.96. The van der Waals surface area contributed by atoms with Crippen molar-refractivity contribution in [1.29, 1.82) is 0 Å². The van der Waals surface area contributed by atoms with E-state index in [-0.39, 0.29) is 17.8 Å². The number of nitrogens with one attached hydrogen (secondary N) is 1. The second-order valence-electron chi connectivity index (χ2n) is 7.61. The molecule has 1 aliphatic carbocycles. The lowest BCUT2D eigenvalue weighted by Gasteiger charge is -2.38. The summed E-state index contributed by atoms with van der Waals surface area (Å²) in [6.07, 6.45) is 0.797. The van der Waals surface area contributed by atoms with Crippen LogP contribution in [0.1, 0.15) is 44.2 Å². The van der Waals surface area contributed by atoms with E-state index in [1.54, 1.807) is 12.1 Å². The summed E-state index contributed by atoms with van der Waals surface area (Å²) in [5, 5.41) is 2.97. The number of rotatable bonds is 5. The van der Waals surface area contributed by atoms with Crippen molar-refractivity contribution < 1.29 is 22.7 Å². The molecule has 1 heterocycles. The molecule has 156 valence electrons. The van der Waals surface area contributed by atoms with Crippen LogP contribution < -0.4 is 10.1 Å². The van der Waals surface area contributed by atoms with E-state index in [1.165, 1.54) is 37.8 Å². The Morgan fingerprint density at radius 2 is 1.75 bits per heavy atom. The molecule has 0 spiro atoms. The van der Waals surface area contributed by atoms with Gasteiger partial charge >= 0.3 is 12.2 Å². The number of nitrogens with zero attached hydrogens (tertiary/aromatic N) is 2. The summed E-state index contributed by atoms with van der Waals surface area (Å²) in [6.45, 7) is 3.82. The van der Waals surface area contributed by atoms with E-state index in [4.69, 9.17) is 4.74 Å². The summed E-state index contributed by atoms with van der Waals surface area (Å²) < 4.78 is 41.3. The number of benzene rings is 1. The minimum absolute atomic E-state index is 0.101. The van der Waals surface area contributed by atoms with Crippen LogP contribution in [-0.4, -0.2) is 60.8 Å². The molecule has 2 fully saturated rings. The number of carbonyl (C=O) groups excluding carboxylic acids is 1. The fourth-order valence-electron chi connectivity index (χ4n) is 3.94. The van der Waals surface area contributed by atoms with Crippen LogP contribution in [0.2, 0.25) is 0 Å². The van der Waals surface area contributed by atoms with Gasteiger partial charge in [0.1, 0.15) is 5.75 Å². The summed E-state index contributed by atoms with van der Waals surface area (Å²) in [7, 11) is 0. The standard InChI is InChI=1S/C20H28F3N3O2/c1-15(16-6-8-18(9-7-16)28-14-20(21,22)23)24-19(27)26-12-10-25(11-13-26)17-4-2-3-5-17/h6-9,15,17H,2-5,10-14H2,1H3,(H,24,27). The SMILES string of the molecule is CC(NC(=O)N1CCN(C2CCCC2)CC1)c1ccc(OCC(F)(F)F)cc1. The Bertz CT molecular complexity index is 637. The van der Waals surface area contributed by atoms with Crippen molar-refractivity contribution in [3.63, 3.8) is 0 Å². The highest BCUT2D eigenvalue weighted by molar-refractivity contribution is 5.74. The molecule has 2 aliphatic rings. The molecule has 2 amide bonds. The molecule has 0 bridgehead atoms. The van der Waals surface area contributed by atoms with Crippen molar-refractivity contribution in [3.05, 3.63) is 29.8 Å². The number of amides is 2. The molecule has 1 saturated heterocycles. The molecule has 1 atom stereocenters. The molecule has 0 aromatic heterocycles. The third kappa shape index (κ3) is 5.77. The summed E-state index contributed by atoms with van der Waals surface area (Å²) >= 11 is 0. The number of hydrogen-bond acceptors (Lipinski definition) is 3.